The largest absolute Gasteiger partial charge is 0.496 e. The van der Waals surface area contributed by atoms with Crippen molar-refractivity contribution < 1.29 is 13.2 Å². The molecular formula is C14H13BrClNO3S. The molecule has 0 aliphatic carbocycles. The second-order valence-corrected chi connectivity index (χ2v) is 7.71. The minimum Gasteiger partial charge on any atom is -0.496 e. The van der Waals surface area contributed by atoms with Crippen LogP contribution in [0.15, 0.2) is 45.8 Å². The van der Waals surface area contributed by atoms with Gasteiger partial charge in [0.15, 0.2) is 9.84 Å². The first-order valence-electron chi connectivity index (χ1n) is 5.93. The molecule has 21 heavy (non-hydrogen) atoms. The van der Waals surface area contributed by atoms with Crippen molar-refractivity contribution in [3.63, 3.8) is 0 Å². The first-order chi connectivity index (χ1) is 9.83. The zero-order chi connectivity index (χ0) is 15.6. The van der Waals surface area contributed by atoms with Gasteiger partial charge in [0.25, 0.3) is 0 Å². The summed E-state index contributed by atoms with van der Waals surface area (Å²) in [4.78, 5) is 0.0823. The number of benzene rings is 2. The first-order valence-corrected chi connectivity index (χ1v) is 8.76. The van der Waals surface area contributed by atoms with Crippen LogP contribution in [0.1, 0.15) is 5.56 Å². The topological polar surface area (TPSA) is 69.4 Å². The highest BCUT2D eigenvalue weighted by Crippen LogP contribution is 2.30. The van der Waals surface area contributed by atoms with Crippen molar-refractivity contribution in [2.75, 3.05) is 12.8 Å². The summed E-state index contributed by atoms with van der Waals surface area (Å²) < 4.78 is 30.9. The van der Waals surface area contributed by atoms with Gasteiger partial charge in [0.05, 0.1) is 23.4 Å². The number of hydrogen-bond acceptors (Lipinski definition) is 4. The molecule has 7 heteroatoms. The Balaban J connectivity index is 2.47. The highest BCUT2D eigenvalue weighted by atomic mass is 79.9. The maximum Gasteiger partial charge on any atom is 0.184 e. The van der Waals surface area contributed by atoms with Crippen LogP contribution in [0.3, 0.4) is 0 Å². The standard InChI is InChI=1S/C14H13BrClNO3S/c1-20-13-5-3-11(16)6-9(13)8-21(18,19)14-7-10(15)2-4-12(14)17/h2-7H,8,17H2,1H3. The molecule has 2 rings (SSSR count). The van der Waals surface area contributed by atoms with Crippen molar-refractivity contribution in [3.05, 3.63) is 51.5 Å². The van der Waals surface area contributed by atoms with E-state index in [0.717, 1.165) is 0 Å². The molecule has 0 atom stereocenters. The molecule has 2 aromatic rings. The van der Waals surface area contributed by atoms with E-state index in [0.29, 0.717) is 20.8 Å². The molecule has 0 saturated carbocycles. The van der Waals surface area contributed by atoms with Crippen molar-refractivity contribution in [2.24, 2.45) is 0 Å². The minimum absolute atomic E-state index is 0.0823. The summed E-state index contributed by atoms with van der Waals surface area (Å²) >= 11 is 9.17. The van der Waals surface area contributed by atoms with E-state index < -0.39 is 9.84 Å². The molecule has 0 fully saturated rings. The summed E-state index contributed by atoms with van der Waals surface area (Å²) in [5.74, 6) is 0.230. The fourth-order valence-corrected chi connectivity index (χ4v) is 4.15. The number of halogens is 2. The zero-order valence-electron chi connectivity index (χ0n) is 11.1. The second kappa shape index (κ2) is 6.25. The predicted molar refractivity (Wildman–Crippen MR) is 87.4 cm³/mol. The molecule has 0 unspecified atom stereocenters. The van der Waals surface area contributed by atoms with E-state index in [4.69, 9.17) is 22.1 Å². The molecule has 2 aromatic carbocycles. The SMILES string of the molecule is COc1ccc(Cl)cc1CS(=O)(=O)c1cc(Br)ccc1N. The number of nitrogens with two attached hydrogens (primary N) is 1. The zero-order valence-corrected chi connectivity index (χ0v) is 14.3. The van der Waals surface area contributed by atoms with E-state index in [9.17, 15) is 8.42 Å². The average Bonchev–Trinajstić information content (AvgIpc) is 2.41. The lowest BCUT2D eigenvalue weighted by Crippen LogP contribution is -2.09. The van der Waals surface area contributed by atoms with Crippen molar-refractivity contribution in [1.82, 2.24) is 0 Å². The number of ether oxygens (including phenoxy) is 1. The smallest absolute Gasteiger partial charge is 0.184 e. The Hall–Kier alpha value is -1.24. The molecule has 2 N–H and O–H groups in total. The molecule has 0 bridgehead atoms. The van der Waals surface area contributed by atoms with E-state index in [2.05, 4.69) is 15.9 Å². The van der Waals surface area contributed by atoms with Crippen LogP contribution in [0.4, 0.5) is 5.69 Å². The van der Waals surface area contributed by atoms with Gasteiger partial charge in [-0.1, -0.05) is 27.5 Å². The lowest BCUT2D eigenvalue weighted by molar-refractivity contribution is 0.411. The molecule has 0 aromatic heterocycles. The van der Waals surface area contributed by atoms with Gasteiger partial charge in [-0.15, -0.1) is 0 Å². The third-order valence-corrected chi connectivity index (χ3v) is 5.34. The van der Waals surface area contributed by atoms with Gasteiger partial charge in [0, 0.05) is 15.1 Å². The number of sulfone groups is 1. The van der Waals surface area contributed by atoms with Crippen molar-refractivity contribution >= 4 is 43.1 Å². The van der Waals surface area contributed by atoms with E-state index >= 15 is 0 Å². The Morgan fingerprint density at radius 1 is 1.24 bits per heavy atom. The van der Waals surface area contributed by atoms with Gasteiger partial charge in [0.2, 0.25) is 0 Å². The third-order valence-electron chi connectivity index (χ3n) is 2.90. The lowest BCUT2D eigenvalue weighted by Gasteiger charge is -2.11. The summed E-state index contributed by atoms with van der Waals surface area (Å²) in [6.07, 6.45) is 0. The summed E-state index contributed by atoms with van der Waals surface area (Å²) in [6, 6.07) is 9.58. The van der Waals surface area contributed by atoms with Crippen LogP contribution in [0, 0.1) is 0 Å². The highest BCUT2D eigenvalue weighted by molar-refractivity contribution is 9.10. The van der Waals surface area contributed by atoms with Gasteiger partial charge in [0.1, 0.15) is 5.75 Å². The molecule has 0 amide bonds. The Labute approximate surface area is 136 Å². The molecule has 0 saturated heterocycles. The Morgan fingerprint density at radius 3 is 2.62 bits per heavy atom. The quantitative estimate of drug-likeness (QED) is 0.809. The van der Waals surface area contributed by atoms with Crippen LogP contribution in [-0.2, 0) is 15.6 Å². The third kappa shape index (κ3) is 3.70. The molecular weight excluding hydrogens is 378 g/mol. The van der Waals surface area contributed by atoms with Gasteiger partial charge < -0.3 is 10.5 Å². The summed E-state index contributed by atoms with van der Waals surface area (Å²) in [7, 11) is -2.13. The minimum atomic E-state index is -3.61. The molecule has 0 heterocycles. The van der Waals surface area contributed by atoms with E-state index in [1.807, 2.05) is 0 Å². The fraction of sp³-hybridized carbons (Fsp3) is 0.143. The maximum atomic E-state index is 12.6. The number of methoxy groups -OCH3 is 1. The van der Waals surface area contributed by atoms with E-state index in [-0.39, 0.29) is 16.3 Å². The predicted octanol–water partition coefficient (Wildman–Crippen LogP) is 3.67. The Bertz CT molecular complexity index is 778. The molecule has 0 aliphatic rings. The van der Waals surface area contributed by atoms with Crippen molar-refractivity contribution in [3.8, 4) is 5.75 Å². The molecule has 0 radical (unpaired) electrons. The molecule has 0 aliphatic heterocycles. The highest BCUT2D eigenvalue weighted by Gasteiger charge is 2.21. The monoisotopic (exact) mass is 389 g/mol. The van der Waals surface area contributed by atoms with Crippen LogP contribution in [-0.4, -0.2) is 15.5 Å². The van der Waals surface area contributed by atoms with Gasteiger partial charge in [-0.25, -0.2) is 8.42 Å². The van der Waals surface area contributed by atoms with Crippen LogP contribution in [0.5, 0.6) is 5.75 Å². The molecule has 4 nitrogen and oxygen atoms in total. The van der Waals surface area contributed by atoms with Crippen molar-refractivity contribution in [2.45, 2.75) is 10.6 Å². The van der Waals surface area contributed by atoms with Gasteiger partial charge >= 0.3 is 0 Å². The van der Waals surface area contributed by atoms with Gasteiger partial charge in [-0.05, 0) is 36.4 Å². The second-order valence-electron chi connectivity index (χ2n) is 4.40. The van der Waals surface area contributed by atoms with Crippen molar-refractivity contribution in [1.29, 1.82) is 0 Å². The summed E-state index contributed by atoms with van der Waals surface area (Å²) in [6.45, 7) is 0. The van der Waals surface area contributed by atoms with Gasteiger partial charge in [-0.3, -0.25) is 0 Å². The van der Waals surface area contributed by atoms with E-state index in [1.165, 1.54) is 13.2 Å². The van der Waals surface area contributed by atoms with Gasteiger partial charge in [-0.2, -0.15) is 0 Å². The normalized spacial score (nSPS) is 11.4. The summed E-state index contributed by atoms with van der Waals surface area (Å²) in [5.41, 5.74) is 6.47. The number of nitrogen functional groups attached to an aromatic ring is 1. The maximum absolute atomic E-state index is 12.6. The van der Waals surface area contributed by atoms with E-state index in [1.54, 1.807) is 30.3 Å². The fourth-order valence-electron chi connectivity index (χ4n) is 1.92. The first kappa shape index (κ1) is 16.1. The number of rotatable bonds is 4. The lowest BCUT2D eigenvalue weighted by atomic mass is 10.2. The number of anilines is 1. The number of hydrogen-bond donors (Lipinski definition) is 1. The van der Waals surface area contributed by atoms with Crippen LogP contribution >= 0.6 is 27.5 Å². The average molecular weight is 391 g/mol. The Kier molecular flexibility index (Phi) is 4.81. The Morgan fingerprint density at radius 2 is 1.95 bits per heavy atom. The molecule has 112 valence electrons. The van der Waals surface area contributed by atoms with Crippen LogP contribution in [0.2, 0.25) is 5.02 Å². The molecule has 0 spiro atoms. The van der Waals surface area contributed by atoms with Crippen LogP contribution < -0.4 is 10.5 Å². The summed E-state index contributed by atoms with van der Waals surface area (Å²) in [5, 5.41) is 0.447. The van der Waals surface area contributed by atoms with Crippen LogP contribution in [0.25, 0.3) is 0 Å².